The Bertz CT molecular complexity index is 1180. The van der Waals surface area contributed by atoms with Gasteiger partial charge >= 0.3 is 0 Å². The number of thioether (sulfide) groups is 1. The molecule has 1 N–H and O–H groups in total. The van der Waals surface area contributed by atoms with Crippen LogP contribution in [0.25, 0.3) is 0 Å². The van der Waals surface area contributed by atoms with Gasteiger partial charge in [-0.15, -0.1) is 11.8 Å². The molecule has 0 aromatic heterocycles. The van der Waals surface area contributed by atoms with E-state index in [4.69, 9.17) is 9.47 Å². The van der Waals surface area contributed by atoms with Gasteiger partial charge in [-0.2, -0.15) is 4.31 Å². The minimum Gasteiger partial charge on any atom is -0.493 e. The second-order valence-electron chi connectivity index (χ2n) is 7.63. The Morgan fingerprint density at radius 2 is 1.79 bits per heavy atom. The van der Waals surface area contributed by atoms with Crippen LogP contribution in [0.3, 0.4) is 0 Å². The molecular formula is C22H25N3O6S2. The summed E-state index contributed by atoms with van der Waals surface area (Å²) in [6, 6.07) is 9.73. The molecule has 9 nitrogen and oxygen atoms in total. The first-order chi connectivity index (χ1) is 15.8. The zero-order valence-electron chi connectivity index (χ0n) is 18.4. The highest BCUT2D eigenvalue weighted by Crippen LogP contribution is 2.38. The molecule has 2 aromatic rings. The van der Waals surface area contributed by atoms with Crippen LogP contribution in [0, 0.1) is 0 Å². The molecule has 1 fully saturated rings. The first kappa shape index (κ1) is 23.4. The number of fused-ring (bicyclic) bond motifs is 1. The molecular weight excluding hydrogens is 466 g/mol. The van der Waals surface area contributed by atoms with Crippen molar-refractivity contribution in [2.45, 2.75) is 22.6 Å². The zero-order valence-corrected chi connectivity index (χ0v) is 20.0. The lowest BCUT2D eigenvalue weighted by molar-refractivity contribution is -0.120. The summed E-state index contributed by atoms with van der Waals surface area (Å²) in [4.78, 5) is 27.7. The summed E-state index contributed by atoms with van der Waals surface area (Å²) in [7, 11) is -0.627. The Morgan fingerprint density at radius 3 is 2.48 bits per heavy atom. The number of nitrogens with one attached hydrogen (secondary N) is 1. The van der Waals surface area contributed by atoms with Crippen molar-refractivity contribution in [3.8, 4) is 11.5 Å². The van der Waals surface area contributed by atoms with E-state index in [0.29, 0.717) is 36.0 Å². The van der Waals surface area contributed by atoms with Crippen molar-refractivity contribution in [1.29, 1.82) is 0 Å². The fourth-order valence-electron chi connectivity index (χ4n) is 3.85. The topological polar surface area (TPSA) is 105 Å². The Hall–Kier alpha value is -2.76. The number of methoxy groups -OCH3 is 2. The third-order valence-electron chi connectivity index (χ3n) is 5.55. The van der Waals surface area contributed by atoms with E-state index in [-0.39, 0.29) is 23.1 Å². The average molecular weight is 492 g/mol. The van der Waals surface area contributed by atoms with Gasteiger partial charge in [0, 0.05) is 29.7 Å². The van der Waals surface area contributed by atoms with Crippen LogP contribution >= 0.6 is 11.8 Å². The normalized spacial score (nSPS) is 16.4. The van der Waals surface area contributed by atoms with Crippen LogP contribution in [-0.2, 0) is 19.6 Å². The second-order valence-corrected chi connectivity index (χ2v) is 10.6. The molecule has 0 aliphatic carbocycles. The number of rotatable bonds is 7. The van der Waals surface area contributed by atoms with E-state index in [2.05, 4.69) is 5.32 Å². The maximum absolute atomic E-state index is 13.0. The van der Waals surface area contributed by atoms with Crippen molar-refractivity contribution in [1.82, 2.24) is 4.31 Å². The van der Waals surface area contributed by atoms with E-state index >= 15 is 0 Å². The van der Waals surface area contributed by atoms with Gasteiger partial charge in [0.15, 0.2) is 11.5 Å². The van der Waals surface area contributed by atoms with Crippen molar-refractivity contribution >= 4 is 45.0 Å². The highest BCUT2D eigenvalue weighted by atomic mass is 32.2. The van der Waals surface area contributed by atoms with Gasteiger partial charge in [0.2, 0.25) is 21.8 Å². The highest BCUT2D eigenvalue weighted by Gasteiger charge is 2.31. The van der Waals surface area contributed by atoms with Crippen LogP contribution < -0.4 is 19.7 Å². The first-order valence-electron chi connectivity index (χ1n) is 10.4. The number of anilines is 2. The summed E-state index contributed by atoms with van der Waals surface area (Å²) in [5.74, 6) is 0.489. The minimum atomic E-state index is -3.64. The van der Waals surface area contributed by atoms with Gasteiger partial charge in [-0.1, -0.05) is 0 Å². The fraction of sp³-hybridized carbons (Fsp3) is 0.364. The summed E-state index contributed by atoms with van der Waals surface area (Å²) in [5.41, 5.74) is 0.918. The molecule has 11 heteroatoms. The third kappa shape index (κ3) is 4.80. The van der Waals surface area contributed by atoms with Gasteiger partial charge in [0.25, 0.3) is 0 Å². The molecule has 0 bridgehead atoms. The summed E-state index contributed by atoms with van der Waals surface area (Å²) < 4.78 is 37.9. The van der Waals surface area contributed by atoms with Gasteiger partial charge in [0.1, 0.15) is 6.54 Å². The standard InChI is InChI=1S/C22H25N3O6S2/c1-30-18-7-5-15(11-19(18)31-2)23-21(26)13-25-17-12-16(6-8-20(17)32-14-22(25)27)33(28,29)24-9-3-4-10-24/h5-8,11-12H,3-4,9-10,13-14H2,1-2H3,(H,23,26). The number of amides is 2. The van der Waals surface area contributed by atoms with Crippen LogP contribution in [0.1, 0.15) is 12.8 Å². The molecule has 4 rings (SSSR count). The van der Waals surface area contributed by atoms with Crippen molar-refractivity contribution in [2.75, 3.05) is 49.8 Å². The summed E-state index contributed by atoms with van der Waals surface area (Å²) >= 11 is 1.33. The van der Waals surface area contributed by atoms with Gasteiger partial charge in [0.05, 0.1) is 30.6 Å². The predicted molar refractivity (Wildman–Crippen MR) is 126 cm³/mol. The number of hydrogen-bond donors (Lipinski definition) is 1. The van der Waals surface area contributed by atoms with Crippen molar-refractivity contribution < 1.29 is 27.5 Å². The summed E-state index contributed by atoms with van der Waals surface area (Å²) in [6.45, 7) is 0.739. The number of benzene rings is 2. The molecule has 176 valence electrons. The van der Waals surface area contributed by atoms with Crippen molar-refractivity contribution in [2.24, 2.45) is 0 Å². The summed E-state index contributed by atoms with van der Waals surface area (Å²) in [6.07, 6.45) is 1.67. The van der Waals surface area contributed by atoms with Crippen LogP contribution in [0.15, 0.2) is 46.2 Å². The number of ether oxygens (including phenoxy) is 2. The highest BCUT2D eigenvalue weighted by molar-refractivity contribution is 8.00. The maximum Gasteiger partial charge on any atom is 0.244 e. The van der Waals surface area contributed by atoms with E-state index in [1.165, 1.54) is 41.3 Å². The fourth-order valence-corrected chi connectivity index (χ4v) is 6.31. The molecule has 0 unspecified atom stereocenters. The van der Waals surface area contributed by atoms with E-state index in [0.717, 1.165) is 17.7 Å². The number of carbonyl (C=O) groups is 2. The molecule has 2 aliphatic heterocycles. The SMILES string of the molecule is COc1ccc(NC(=O)CN2C(=O)CSc3ccc(S(=O)(=O)N4CCCC4)cc32)cc1OC. The average Bonchev–Trinajstić information content (AvgIpc) is 3.36. The molecule has 2 heterocycles. The van der Waals surface area contributed by atoms with Gasteiger partial charge in [-0.3, -0.25) is 9.59 Å². The molecule has 0 atom stereocenters. The van der Waals surface area contributed by atoms with Crippen LogP contribution in [0.5, 0.6) is 11.5 Å². The van der Waals surface area contributed by atoms with Gasteiger partial charge < -0.3 is 19.7 Å². The number of nitrogens with zero attached hydrogens (tertiary/aromatic N) is 2. The molecule has 2 amide bonds. The third-order valence-corrected chi connectivity index (χ3v) is 8.49. The molecule has 0 radical (unpaired) electrons. The smallest absolute Gasteiger partial charge is 0.244 e. The quantitative estimate of drug-likeness (QED) is 0.635. The van der Waals surface area contributed by atoms with Crippen LogP contribution in [-0.4, -0.2) is 64.1 Å². The lowest BCUT2D eigenvalue weighted by Crippen LogP contribution is -2.41. The molecule has 0 saturated carbocycles. The molecule has 1 saturated heterocycles. The number of hydrogen-bond acceptors (Lipinski definition) is 7. The van der Waals surface area contributed by atoms with E-state index < -0.39 is 15.9 Å². The zero-order chi connectivity index (χ0) is 23.6. The molecule has 2 aliphatic rings. The minimum absolute atomic E-state index is 0.128. The van der Waals surface area contributed by atoms with E-state index in [9.17, 15) is 18.0 Å². The van der Waals surface area contributed by atoms with Crippen molar-refractivity contribution in [3.63, 3.8) is 0 Å². The largest absolute Gasteiger partial charge is 0.493 e. The number of sulfonamides is 1. The number of carbonyl (C=O) groups excluding carboxylic acids is 2. The second kappa shape index (κ2) is 9.62. The van der Waals surface area contributed by atoms with E-state index in [1.807, 2.05) is 0 Å². The lowest BCUT2D eigenvalue weighted by atomic mass is 10.2. The summed E-state index contributed by atoms with van der Waals surface area (Å²) in [5, 5.41) is 2.75. The Morgan fingerprint density at radius 1 is 1.06 bits per heavy atom. The van der Waals surface area contributed by atoms with E-state index in [1.54, 1.807) is 30.3 Å². The molecule has 0 spiro atoms. The Labute approximate surface area is 197 Å². The Balaban J connectivity index is 1.56. The van der Waals surface area contributed by atoms with Crippen molar-refractivity contribution in [3.05, 3.63) is 36.4 Å². The maximum atomic E-state index is 13.0. The Kier molecular flexibility index (Phi) is 6.82. The van der Waals surface area contributed by atoms with Crippen LogP contribution in [0.2, 0.25) is 0 Å². The predicted octanol–water partition coefficient (Wildman–Crippen LogP) is 2.57. The molecule has 2 aromatic carbocycles. The van der Waals surface area contributed by atoms with Gasteiger partial charge in [-0.05, 0) is 43.2 Å². The monoisotopic (exact) mass is 491 g/mol. The lowest BCUT2D eigenvalue weighted by Gasteiger charge is -2.29. The molecule has 33 heavy (non-hydrogen) atoms. The van der Waals surface area contributed by atoms with Crippen LogP contribution in [0.4, 0.5) is 11.4 Å². The first-order valence-corrected chi connectivity index (χ1v) is 12.9. The van der Waals surface area contributed by atoms with Gasteiger partial charge in [-0.25, -0.2) is 8.42 Å².